The number of methoxy groups -OCH3 is 1. The van der Waals surface area contributed by atoms with Gasteiger partial charge in [0.2, 0.25) is 0 Å². The Morgan fingerprint density at radius 3 is 2.57 bits per heavy atom. The fraction of sp³-hybridized carbons (Fsp3) is 0.333. The Kier molecular flexibility index (Phi) is 7.89. The number of hydroxylamine groups is 1. The molecule has 0 amide bonds. The number of aryl methyl sites for hydroxylation is 1. The number of likely N-dealkylation sites (N-methyl/N-ethyl adjacent to an activating group) is 1. The number of hydrogen-bond donors (Lipinski definition) is 1. The van der Waals surface area contributed by atoms with Gasteiger partial charge in [0.05, 0.1) is 30.5 Å². The number of nitrogens with one attached hydrogen (secondary N) is 1. The van der Waals surface area contributed by atoms with Crippen LogP contribution in [0.15, 0.2) is 55.1 Å². The topological polar surface area (TPSA) is 70.9 Å². The molecule has 4 heterocycles. The van der Waals surface area contributed by atoms with Crippen molar-refractivity contribution in [2.45, 2.75) is 12.5 Å². The zero-order chi connectivity index (χ0) is 29.4. The SMILES string of the molecule is COc1cc(N2CCN(C)CC2)c(-c2cn(C)cc2Cl)cc1Nc1cc(N2OCC[C@@H]2c2cccc(F)c2F)ncn1. The van der Waals surface area contributed by atoms with Crippen LogP contribution in [0.1, 0.15) is 18.0 Å². The van der Waals surface area contributed by atoms with Gasteiger partial charge in [0.1, 0.15) is 17.9 Å². The normalized spacial score (nSPS) is 17.6. The van der Waals surface area contributed by atoms with Crippen LogP contribution in [-0.4, -0.2) is 66.4 Å². The molecule has 1 N–H and O–H groups in total. The molecule has 0 radical (unpaired) electrons. The van der Waals surface area contributed by atoms with Gasteiger partial charge in [0.25, 0.3) is 0 Å². The minimum Gasteiger partial charge on any atom is -0.494 e. The van der Waals surface area contributed by atoms with Crippen molar-refractivity contribution < 1.29 is 18.4 Å². The van der Waals surface area contributed by atoms with Crippen molar-refractivity contribution >= 4 is 34.6 Å². The number of hydrogen-bond acceptors (Lipinski definition) is 8. The number of halogens is 3. The molecule has 0 spiro atoms. The number of nitrogens with zero attached hydrogens (tertiary/aromatic N) is 6. The van der Waals surface area contributed by atoms with Gasteiger partial charge in [0, 0.05) is 86.6 Å². The Morgan fingerprint density at radius 1 is 1.02 bits per heavy atom. The van der Waals surface area contributed by atoms with Crippen molar-refractivity contribution in [1.82, 2.24) is 19.4 Å². The average Bonchev–Trinajstić information content (AvgIpc) is 3.61. The summed E-state index contributed by atoms with van der Waals surface area (Å²) in [7, 11) is 5.70. The lowest BCUT2D eigenvalue weighted by molar-refractivity contribution is 0.156. The number of benzene rings is 2. The molecule has 2 saturated heterocycles. The second-order valence-corrected chi connectivity index (χ2v) is 10.9. The molecule has 2 aliphatic rings. The van der Waals surface area contributed by atoms with Crippen LogP contribution in [0.2, 0.25) is 5.02 Å². The minimum atomic E-state index is -0.897. The summed E-state index contributed by atoms with van der Waals surface area (Å²) in [6.45, 7) is 4.00. The van der Waals surface area contributed by atoms with Gasteiger partial charge in [0.15, 0.2) is 17.5 Å². The molecule has 0 unspecified atom stereocenters. The van der Waals surface area contributed by atoms with Crippen molar-refractivity contribution in [3.63, 3.8) is 0 Å². The van der Waals surface area contributed by atoms with Crippen LogP contribution in [0.4, 0.5) is 31.8 Å². The van der Waals surface area contributed by atoms with Gasteiger partial charge in [-0.1, -0.05) is 23.7 Å². The van der Waals surface area contributed by atoms with Gasteiger partial charge >= 0.3 is 0 Å². The van der Waals surface area contributed by atoms with Crippen molar-refractivity contribution in [3.8, 4) is 16.9 Å². The highest BCUT2D eigenvalue weighted by atomic mass is 35.5. The number of piperazine rings is 1. The number of aromatic nitrogens is 3. The first-order valence-electron chi connectivity index (χ1n) is 13.7. The molecule has 0 bridgehead atoms. The maximum atomic E-state index is 14.7. The first kappa shape index (κ1) is 28.2. The third-order valence-electron chi connectivity index (χ3n) is 7.75. The molecular weight excluding hydrogens is 564 g/mol. The average molecular weight is 596 g/mol. The van der Waals surface area contributed by atoms with Crippen LogP contribution in [0.25, 0.3) is 11.1 Å². The molecule has 220 valence electrons. The third-order valence-corrected chi connectivity index (χ3v) is 8.05. The van der Waals surface area contributed by atoms with Crippen LogP contribution in [0, 0.1) is 11.6 Å². The predicted molar refractivity (Wildman–Crippen MR) is 160 cm³/mol. The molecule has 9 nitrogen and oxygen atoms in total. The number of anilines is 4. The second kappa shape index (κ2) is 11.7. The smallest absolute Gasteiger partial charge is 0.164 e. The fourth-order valence-corrected chi connectivity index (χ4v) is 5.84. The summed E-state index contributed by atoms with van der Waals surface area (Å²) in [5.41, 5.74) is 3.81. The van der Waals surface area contributed by atoms with Crippen LogP contribution in [0.5, 0.6) is 5.75 Å². The first-order chi connectivity index (χ1) is 20.3. The Labute approximate surface area is 248 Å². The lowest BCUT2D eigenvalue weighted by Gasteiger charge is -2.35. The molecule has 2 aromatic carbocycles. The third kappa shape index (κ3) is 5.47. The van der Waals surface area contributed by atoms with Gasteiger partial charge in [-0.25, -0.2) is 23.8 Å². The van der Waals surface area contributed by atoms with Crippen molar-refractivity contribution in [2.75, 3.05) is 62.2 Å². The van der Waals surface area contributed by atoms with Crippen molar-refractivity contribution in [1.29, 1.82) is 0 Å². The zero-order valence-electron chi connectivity index (χ0n) is 23.6. The van der Waals surface area contributed by atoms with Gasteiger partial charge in [-0.3, -0.25) is 4.84 Å². The van der Waals surface area contributed by atoms with E-state index in [0.717, 1.165) is 49.1 Å². The molecule has 0 aliphatic carbocycles. The monoisotopic (exact) mass is 595 g/mol. The summed E-state index contributed by atoms with van der Waals surface area (Å²) in [4.78, 5) is 19.3. The fourth-order valence-electron chi connectivity index (χ4n) is 5.54. The molecule has 1 atom stereocenters. The van der Waals surface area contributed by atoms with Crippen LogP contribution in [0.3, 0.4) is 0 Å². The molecule has 2 aromatic heterocycles. The van der Waals surface area contributed by atoms with Crippen molar-refractivity contribution in [2.24, 2.45) is 7.05 Å². The van der Waals surface area contributed by atoms with Crippen LogP contribution >= 0.6 is 11.6 Å². The minimum absolute atomic E-state index is 0.214. The van der Waals surface area contributed by atoms with Gasteiger partial charge in [-0.15, -0.1) is 0 Å². The summed E-state index contributed by atoms with van der Waals surface area (Å²) in [5, 5.41) is 5.52. The standard InChI is InChI=1S/C30H32ClF2N7O2/c1-37-8-10-39(11-9-37)26-14-27(41-3)24(13-20(26)21-16-38(2)17-22(21)31)36-28-15-29(35-18-34-28)40-25(7-12-42-40)19-5-4-6-23(32)30(19)33/h4-6,13-18,25H,7-12H2,1-3H3,(H,34,35,36)/t25-/m1/s1. The molecule has 12 heteroatoms. The lowest BCUT2D eigenvalue weighted by atomic mass is 10.0. The Bertz CT molecular complexity index is 1590. The van der Waals surface area contributed by atoms with E-state index in [1.54, 1.807) is 19.2 Å². The molecule has 0 saturated carbocycles. The Hall–Kier alpha value is -3.93. The first-order valence-corrected chi connectivity index (χ1v) is 14.1. The largest absolute Gasteiger partial charge is 0.494 e. The van der Waals surface area contributed by atoms with Crippen LogP contribution < -0.4 is 20.0 Å². The van der Waals surface area contributed by atoms with E-state index in [0.29, 0.717) is 41.1 Å². The second-order valence-electron chi connectivity index (χ2n) is 10.5. The molecule has 6 rings (SSSR count). The summed E-state index contributed by atoms with van der Waals surface area (Å²) >= 11 is 6.69. The predicted octanol–water partition coefficient (Wildman–Crippen LogP) is 5.80. The quantitative estimate of drug-likeness (QED) is 0.287. The molecular formula is C30H32ClF2N7O2. The highest BCUT2D eigenvalue weighted by Crippen LogP contribution is 2.43. The summed E-state index contributed by atoms with van der Waals surface area (Å²) in [5.74, 6) is -0.256. The van der Waals surface area contributed by atoms with Gasteiger partial charge in [-0.05, 0) is 19.2 Å². The van der Waals surface area contributed by atoms with E-state index in [-0.39, 0.29) is 5.56 Å². The van der Waals surface area contributed by atoms with E-state index in [1.807, 2.05) is 36.1 Å². The summed E-state index contributed by atoms with van der Waals surface area (Å²) < 4.78 is 36.4. The highest BCUT2D eigenvalue weighted by molar-refractivity contribution is 6.33. The Morgan fingerprint density at radius 2 is 1.83 bits per heavy atom. The molecule has 2 fully saturated rings. The summed E-state index contributed by atoms with van der Waals surface area (Å²) in [6, 6.07) is 9.38. The molecule has 42 heavy (non-hydrogen) atoms. The van der Waals surface area contributed by atoms with E-state index >= 15 is 0 Å². The molecule has 4 aromatic rings. The zero-order valence-corrected chi connectivity index (χ0v) is 24.4. The van der Waals surface area contributed by atoms with E-state index in [1.165, 1.54) is 17.5 Å². The van der Waals surface area contributed by atoms with E-state index < -0.39 is 17.7 Å². The Balaban J connectivity index is 1.35. The van der Waals surface area contributed by atoms with Crippen molar-refractivity contribution in [3.05, 3.63) is 77.3 Å². The van der Waals surface area contributed by atoms with Gasteiger partial charge in [-0.2, -0.15) is 0 Å². The van der Waals surface area contributed by atoms with E-state index in [9.17, 15) is 8.78 Å². The van der Waals surface area contributed by atoms with Crippen LogP contribution in [-0.2, 0) is 11.9 Å². The van der Waals surface area contributed by atoms with E-state index in [2.05, 4.69) is 32.1 Å². The number of ether oxygens (including phenoxy) is 1. The highest BCUT2D eigenvalue weighted by Gasteiger charge is 2.32. The lowest BCUT2D eigenvalue weighted by Crippen LogP contribution is -2.44. The molecule has 2 aliphatic heterocycles. The maximum absolute atomic E-state index is 14.7. The van der Waals surface area contributed by atoms with E-state index in [4.69, 9.17) is 21.2 Å². The number of rotatable bonds is 7. The van der Waals surface area contributed by atoms with Gasteiger partial charge < -0.3 is 24.4 Å². The maximum Gasteiger partial charge on any atom is 0.164 e. The summed E-state index contributed by atoms with van der Waals surface area (Å²) in [6.07, 6.45) is 5.77.